The van der Waals surface area contributed by atoms with Crippen LogP contribution in [0.3, 0.4) is 0 Å². The zero-order valence-corrected chi connectivity index (χ0v) is 18.5. The fraction of sp³-hybridized carbons (Fsp3) is 0.435. The summed E-state index contributed by atoms with van der Waals surface area (Å²) in [6.45, 7) is 4.60. The van der Waals surface area contributed by atoms with E-state index in [0.717, 1.165) is 17.7 Å². The van der Waals surface area contributed by atoms with Crippen LogP contribution >= 0.6 is 0 Å². The Balaban J connectivity index is 1.49. The molecule has 2 aromatic rings. The maximum absolute atomic E-state index is 13.3. The number of para-hydroxylation sites is 1. The molecule has 0 saturated carbocycles. The van der Waals surface area contributed by atoms with Crippen LogP contribution in [-0.4, -0.2) is 44.9 Å². The number of methoxy groups -OCH3 is 1. The minimum atomic E-state index is -3.67. The van der Waals surface area contributed by atoms with E-state index in [-0.39, 0.29) is 22.8 Å². The Morgan fingerprint density at radius 3 is 2.50 bits per heavy atom. The van der Waals surface area contributed by atoms with E-state index in [1.54, 1.807) is 12.1 Å². The fourth-order valence-electron chi connectivity index (χ4n) is 4.57. The second-order valence-corrected chi connectivity index (χ2v) is 10.1. The van der Waals surface area contributed by atoms with Crippen molar-refractivity contribution in [3.63, 3.8) is 0 Å². The van der Waals surface area contributed by atoms with Crippen LogP contribution in [-0.2, 0) is 21.2 Å². The van der Waals surface area contributed by atoms with Crippen LogP contribution in [0.1, 0.15) is 30.9 Å². The summed E-state index contributed by atoms with van der Waals surface area (Å²) >= 11 is 0. The molecule has 4 rings (SSSR count). The average Bonchev–Trinajstić information content (AvgIpc) is 3.09. The van der Waals surface area contributed by atoms with E-state index in [2.05, 4.69) is 13.0 Å². The van der Waals surface area contributed by atoms with Crippen LogP contribution < -0.4 is 9.64 Å². The van der Waals surface area contributed by atoms with Crippen molar-refractivity contribution >= 4 is 21.6 Å². The van der Waals surface area contributed by atoms with Crippen molar-refractivity contribution in [3.8, 4) is 5.75 Å². The first-order chi connectivity index (χ1) is 14.3. The van der Waals surface area contributed by atoms with Gasteiger partial charge in [-0.15, -0.1) is 0 Å². The lowest BCUT2D eigenvalue weighted by molar-refractivity contribution is -0.123. The highest BCUT2D eigenvalue weighted by Gasteiger charge is 2.38. The second kappa shape index (κ2) is 8.04. The highest BCUT2D eigenvalue weighted by atomic mass is 32.2. The largest absolute Gasteiger partial charge is 0.495 e. The van der Waals surface area contributed by atoms with E-state index in [4.69, 9.17) is 4.74 Å². The number of piperidine rings is 1. The number of anilines is 1. The monoisotopic (exact) mass is 428 g/mol. The molecular formula is C23H28N2O4S. The standard InChI is InChI=1S/C23H28N2O4S/c1-16-8-9-21(29-3)22(14-16)30(27,28)24-12-10-18(11-13-24)23(26)25-17(2)15-19-6-4-5-7-20(19)25/h4-9,14,17-18H,10-13,15H2,1-3H3/t17-/m0/s1. The van der Waals surface area contributed by atoms with Gasteiger partial charge in [-0.1, -0.05) is 24.3 Å². The number of hydrogen-bond acceptors (Lipinski definition) is 4. The number of carbonyl (C=O) groups is 1. The third-order valence-corrected chi connectivity index (χ3v) is 8.10. The third kappa shape index (κ3) is 3.61. The quantitative estimate of drug-likeness (QED) is 0.749. The van der Waals surface area contributed by atoms with E-state index in [9.17, 15) is 13.2 Å². The van der Waals surface area contributed by atoms with Crippen molar-refractivity contribution < 1.29 is 17.9 Å². The lowest BCUT2D eigenvalue weighted by Gasteiger charge is -2.34. The van der Waals surface area contributed by atoms with Gasteiger partial charge in [0.2, 0.25) is 15.9 Å². The molecule has 2 aromatic carbocycles. The average molecular weight is 429 g/mol. The van der Waals surface area contributed by atoms with Crippen molar-refractivity contribution in [1.82, 2.24) is 4.31 Å². The van der Waals surface area contributed by atoms with Crippen molar-refractivity contribution in [2.24, 2.45) is 5.92 Å². The summed E-state index contributed by atoms with van der Waals surface area (Å²) in [7, 11) is -2.20. The van der Waals surface area contributed by atoms with E-state index in [0.29, 0.717) is 31.7 Å². The highest BCUT2D eigenvalue weighted by Crippen LogP contribution is 2.36. The molecule has 0 aromatic heterocycles. The molecule has 0 unspecified atom stereocenters. The van der Waals surface area contributed by atoms with E-state index < -0.39 is 10.0 Å². The minimum absolute atomic E-state index is 0.109. The van der Waals surface area contributed by atoms with Crippen LogP contribution in [0, 0.1) is 12.8 Å². The number of amides is 1. The Kier molecular flexibility index (Phi) is 5.59. The lowest BCUT2D eigenvalue weighted by Crippen LogP contribution is -2.46. The van der Waals surface area contributed by atoms with Crippen LogP contribution in [0.25, 0.3) is 0 Å². The van der Waals surface area contributed by atoms with Crippen LogP contribution in [0.5, 0.6) is 5.75 Å². The summed E-state index contributed by atoms with van der Waals surface area (Å²) in [5.41, 5.74) is 3.06. The maximum Gasteiger partial charge on any atom is 0.246 e. The molecule has 160 valence electrons. The van der Waals surface area contributed by atoms with Gasteiger partial charge in [0, 0.05) is 30.7 Å². The van der Waals surface area contributed by atoms with Gasteiger partial charge >= 0.3 is 0 Å². The van der Waals surface area contributed by atoms with Gasteiger partial charge in [-0.3, -0.25) is 4.79 Å². The summed E-state index contributed by atoms with van der Waals surface area (Å²) < 4.78 is 33.2. The van der Waals surface area contributed by atoms with Gasteiger partial charge < -0.3 is 9.64 Å². The van der Waals surface area contributed by atoms with Crippen molar-refractivity contribution in [2.75, 3.05) is 25.1 Å². The lowest BCUT2D eigenvalue weighted by atomic mass is 9.96. The van der Waals surface area contributed by atoms with E-state index in [1.807, 2.05) is 36.1 Å². The zero-order chi connectivity index (χ0) is 21.5. The number of rotatable bonds is 4. The predicted octanol–water partition coefficient (Wildman–Crippen LogP) is 3.38. The topological polar surface area (TPSA) is 66.9 Å². The van der Waals surface area contributed by atoms with Crippen molar-refractivity contribution in [2.45, 2.75) is 44.0 Å². The maximum atomic E-state index is 13.3. The normalized spacial score (nSPS) is 20.2. The molecule has 2 aliphatic heterocycles. The van der Waals surface area contributed by atoms with Gasteiger partial charge in [-0.25, -0.2) is 8.42 Å². The Hall–Kier alpha value is -2.38. The van der Waals surface area contributed by atoms with Crippen LogP contribution in [0.2, 0.25) is 0 Å². The van der Waals surface area contributed by atoms with Gasteiger partial charge in [0.15, 0.2) is 0 Å². The Labute approximate surface area is 178 Å². The Morgan fingerprint density at radius 2 is 1.80 bits per heavy atom. The van der Waals surface area contributed by atoms with E-state index in [1.165, 1.54) is 17.0 Å². The molecule has 0 N–H and O–H groups in total. The number of benzene rings is 2. The first-order valence-corrected chi connectivity index (χ1v) is 11.8. The zero-order valence-electron chi connectivity index (χ0n) is 17.7. The first-order valence-electron chi connectivity index (χ1n) is 10.4. The summed E-state index contributed by atoms with van der Waals surface area (Å²) in [4.78, 5) is 15.4. The molecule has 30 heavy (non-hydrogen) atoms. The number of nitrogens with zero attached hydrogens (tertiary/aromatic N) is 2. The number of hydrogen-bond donors (Lipinski definition) is 0. The van der Waals surface area contributed by atoms with Gasteiger partial charge in [0.1, 0.15) is 10.6 Å². The molecule has 0 radical (unpaired) electrons. The SMILES string of the molecule is COc1ccc(C)cc1S(=O)(=O)N1CCC(C(=O)N2c3ccccc3C[C@@H]2C)CC1. The molecule has 7 heteroatoms. The predicted molar refractivity (Wildman–Crippen MR) is 116 cm³/mol. The number of aryl methyl sites for hydroxylation is 1. The molecule has 6 nitrogen and oxygen atoms in total. The molecule has 2 heterocycles. The summed E-state index contributed by atoms with van der Waals surface area (Å²) in [5.74, 6) is 0.295. The summed E-state index contributed by atoms with van der Waals surface area (Å²) in [6, 6.07) is 13.3. The smallest absolute Gasteiger partial charge is 0.246 e. The molecular weight excluding hydrogens is 400 g/mol. The van der Waals surface area contributed by atoms with Crippen LogP contribution in [0.4, 0.5) is 5.69 Å². The Bertz CT molecular complexity index is 1060. The summed E-state index contributed by atoms with van der Waals surface area (Å²) in [5, 5.41) is 0. The molecule has 1 amide bonds. The fourth-order valence-corrected chi connectivity index (χ4v) is 6.28. The molecule has 0 aliphatic carbocycles. The van der Waals surface area contributed by atoms with Crippen molar-refractivity contribution in [1.29, 1.82) is 0 Å². The number of carbonyl (C=O) groups excluding carboxylic acids is 1. The molecule has 1 atom stereocenters. The number of ether oxygens (including phenoxy) is 1. The Morgan fingerprint density at radius 1 is 1.10 bits per heavy atom. The molecule has 1 fully saturated rings. The van der Waals surface area contributed by atoms with Gasteiger partial charge in [0.05, 0.1) is 7.11 Å². The van der Waals surface area contributed by atoms with Gasteiger partial charge in [-0.05, 0) is 62.4 Å². The van der Waals surface area contributed by atoms with E-state index >= 15 is 0 Å². The second-order valence-electron chi connectivity index (χ2n) is 8.22. The minimum Gasteiger partial charge on any atom is -0.495 e. The number of sulfonamides is 1. The number of fused-ring (bicyclic) bond motifs is 1. The molecule has 0 bridgehead atoms. The highest BCUT2D eigenvalue weighted by molar-refractivity contribution is 7.89. The van der Waals surface area contributed by atoms with Gasteiger partial charge in [0.25, 0.3) is 0 Å². The summed E-state index contributed by atoms with van der Waals surface area (Å²) in [6.07, 6.45) is 1.91. The first kappa shape index (κ1) is 20.9. The molecule has 2 aliphatic rings. The van der Waals surface area contributed by atoms with Crippen LogP contribution in [0.15, 0.2) is 47.4 Å². The third-order valence-electron chi connectivity index (χ3n) is 6.18. The van der Waals surface area contributed by atoms with Gasteiger partial charge in [-0.2, -0.15) is 4.31 Å². The molecule has 0 spiro atoms. The van der Waals surface area contributed by atoms with Crippen molar-refractivity contribution in [3.05, 3.63) is 53.6 Å². The molecule has 1 saturated heterocycles.